The molecule has 1 atom stereocenters. The molecule has 0 saturated carbocycles. The zero-order valence-corrected chi connectivity index (χ0v) is 11.6. The fourth-order valence-electron chi connectivity index (χ4n) is 1.14. The molecule has 0 radical (unpaired) electrons. The summed E-state index contributed by atoms with van der Waals surface area (Å²) in [5.74, 6) is -0.479. The molecule has 0 N–H and O–H groups in total. The predicted octanol–water partition coefficient (Wildman–Crippen LogP) is 2.05. The first-order chi connectivity index (χ1) is 7.67. The lowest BCUT2D eigenvalue weighted by atomic mass is 10.1. The van der Waals surface area contributed by atoms with Crippen LogP contribution in [-0.4, -0.2) is 43.3 Å². The van der Waals surface area contributed by atoms with Gasteiger partial charge in [-0.05, 0) is 27.2 Å². The van der Waals surface area contributed by atoms with Gasteiger partial charge in [-0.25, -0.2) is 4.79 Å². The van der Waals surface area contributed by atoms with Crippen molar-refractivity contribution in [2.75, 3.05) is 20.7 Å². The van der Waals surface area contributed by atoms with E-state index in [1.54, 1.807) is 14.0 Å². The smallest absolute Gasteiger partial charge is 0.410 e. The van der Waals surface area contributed by atoms with E-state index in [0.717, 1.165) is 0 Å². The van der Waals surface area contributed by atoms with Gasteiger partial charge in [-0.3, -0.25) is 4.79 Å². The standard InChI is InChI=1S/C12H23NO4/c1-9(10(14)16-6)7-8-13(5)11(15)17-12(2,3)4/h9H,7-8H2,1-6H3. The van der Waals surface area contributed by atoms with Gasteiger partial charge in [0.25, 0.3) is 0 Å². The Hall–Kier alpha value is -1.26. The van der Waals surface area contributed by atoms with Gasteiger partial charge in [0, 0.05) is 13.6 Å². The average molecular weight is 245 g/mol. The maximum atomic E-state index is 11.6. The molecule has 100 valence electrons. The third kappa shape index (κ3) is 6.81. The van der Waals surface area contributed by atoms with Crippen LogP contribution < -0.4 is 0 Å². The normalized spacial score (nSPS) is 12.8. The van der Waals surface area contributed by atoms with Gasteiger partial charge < -0.3 is 14.4 Å². The Kier molecular flexibility index (Phi) is 5.99. The van der Waals surface area contributed by atoms with Crippen molar-refractivity contribution in [3.8, 4) is 0 Å². The van der Waals surface area contributed by atoms with E-state index in [0.29, 0.717) is 13.0 Å². The predicted molar refractivity (Wildman–Crippen MR) is 64.7 cm³/mol. The molecule has 0 aromatic carbocycles. The molecule has 1 unspecified atom stereocenters. The van der Waals surface area contributed by atoms with Crippen molar-refractivity contribution in [3.63, 3.8) is 0 Å². The van der Waals surface area contributed by atoms with Crippen molar-refractivity contribution in [2.45, 2.75) is 39.7 Å². The summed E-state index contributed by atoms with van der Waals surface area (Å²) < 4.78 is 9.80. The van der Waals surface area contributed by atoms with E-state index >= 15 is 0 Å². The van der Waals surface area contributed by atoms with Gasteiger partial charge in [0.05, 0.1) is 13.0 Å². The number of rotatable bonds is 4. The summed E-state index contributed by atoms with van der Waals surface area (Å²) in [4.78, 5) is 24.2. The highest BCUT2D eigenvalue weighted by molar-refractivity contribution is 5.72. The summed E-state index contributed by atoms with van der Waals surface area (Å²) in [5.41, 5.74) is -0.501. The summed E-state index contributed by atoms with van der Waals surface area (Å²) in [6.07, 6.45) is 0.178. The molecule has 0 spiro atoms. The van der Waals surface area contributed by atoms with Crippen LogP contribution in [0.15, 0.2) is 0 Å². The van der Waals surface area contributed by atoms with E-state index in [2.05, 4.69) is 4.74 Å². The van der Waals surface area contributed by atoms with Gasteiger partial charge in [-0.15, -0.1) is 0 Å². The molecule has 5 nitrogen and oxygen atoms in total. The fourth-order valence-corrected chi connectivity index (χ4v) is 1.14. The first-order valence-electron chi connectivity index (χ1n) is 5.69. The van der Waals surface area contributed by atoms with Gasteiger partial charge >= 0.3 is 12.1 Å². The number of carbonyl (C=O) groups is 2. The van der Waals surface area contributed by atoms with Crippen molar-refractivity contribution < 1.29 is 19.1 Å². The van der Waals surface area contributed by atoms with Gasteiger partial charge in [0.2, 0.25) is 0 Å². The minimum atomic E-state index is -0.501. The first-order valence-corrected chi connectivity index (χ1v) is 5.69. The number of hydrogen-bond donors (Lipinski definition) is 0. The van der Waals surface area contributed by atoms with Gasteiger partial charge in [0.1, 0.15) is 5.60 Å². The molecule has 0 aromatic heterocycles. The van der Waals surface area contributed by atoms with Gasteiger partial charge in [0.15, 0.2) is 0 Å². The zero-order chi connectivity index (χ0) is 13.6. The molecule has 0 aliphatic heterocycles. The van der Waals surface area contributed by atoms with Crippen molar-refractivity contribution in [3.05, 3.63) is 0 Å². The van der Waals surface area contributed by atoms with E-state index in [4.69, 9.17) is 4.74 Å². The molecule has 0 saturated heterocycles. The fraction of sp³-hybridized carbons (Fsp3) is 0.833. The second-order valence-electron chi connectivity index (χ2n) is 5.11. The van der Waals surface area contributed by atoms with Crippen LogP contribution in [0.2, 0.25) is 0 Å². The minimum absolute atomic E-state index is 0.218. The molecule has 0 rings (SSSR count). The molecule has 0 aliphatic carbocycles. The van der Waals surface area contributed by atoms with E-state index in [9.17, 15) is 9.59 Å². The molecule has 1 amide bonds. The molecule has 17 heavy (non-hydrogen) atoms. The SMILES string of the molecule is COC(=O)C(C)CCN(C)C(=O)OC(C)(C)C. The molecular weight excluding hydrogens is 222 g/mol. The minimum Gasteiger partial charge on any atom is -0.469 e. The Morgan fingerprint density at radius 1 is 1.29 bits per heavy atom. The van der Waals surface area contributed by atoms with E-state index in [-0.39, 0.29) is 18.0 Å². The number of methoxy groups -OCH3 is 1. The molecule has 0 bridgehead atoms. The highest BCUT2D eigenvalue weighted by atomic mass is 16.6. The van der Waals surface area contributed by atoms with Crippen molar-refractivity contribution in [1.82, 2.24) is 4.90 Å². The third-order valence-corrected chi connectivity index (χ3v) is 2.21. The van der Waals surface area contributed by atoms with Crippen LogP contribution in [0.1, 0.15) is 34.1 Å². The monoisotopic (exact) mass is 245 g/mol. The largest absolute Gasteiger partial charge is 0.469 e. The molecule has 5 heteroatoms. The number of carbonyl (C=O) groups excluding carboxylic acids is 2. The Balaban J connectivity index is 4.06. The molecular formula is C12H23NO4. The van der Waals surface area contributed by atoms with Gasteiger partial charge in [-0.2, -0.15) is 0 Å². The summed E-state index contributed by atoms with van der Waals surface area (Å²) in [5, 5.41) is 0. The lowest BCUT2D eigenvalue weighted by molar-refractivity contribution is -0.145. The third-order valence-electron chi connectivity index (χ3n) is 2.21. The van der Waals surface area contributed by atoms with Crippen LogP contribution in [0.4, 0.5) is 4.79 Å². The quantitative estimate of drug-likeness (QED) is 0.711. The Morgan fingerprint density at radius 3 is 2.24 bits per heavy atom. The Bertz CT molecular complexity index is 270. The van der Waals surface area contributed by atoms with Crippen LogP contribution in [-0.2, 0) is 14.3 Å². The van der Waals surface area contributed by atoms with Crippen molar-refractivity contribution in [1.29, 1.82) is 0 Å². The van der Waals surface area contributed by atoms with Crippen molar-refractivity contribution >= 4 is 12.1 Å². The van der Waals surface area contributed by atoms with E-state index < -0.39 is 5.60 Å². The second kappa shape index (κ2) is 6.47. The van der Waals surface area contributed by atoms with Crippen LogP contribution in [0, 0.1) is 5.92 Å². The summed E-state index contributed by atoms with van der Waals surface area (Å²) in [7, 11) is 3.01. The highest BCUT2D eigenvalue weighted by Gasteiger charge is 2.21. The topological polar surface area (TPSA) is 55.8 Å². The summed E-state index contributed by atoms with van der Waals surface area (Å²) >= 11 is 0. The van der Waals surface area contributed by atoms with Crippen LogP contribution in [0.3, 0.4) is 0 Å². The second-order valence-corrected chi connectivity index (χ2v) is 5.11. The number of amides is 1. The van der Waals surface area contributed by atoms with E-state index in [1.165, 1.54) is 12.0 Å². The summed E-state index contributed by atoms with van der Waals surface area (Å²) in [6, 6.07) is 0. The molecule has 0 aliphatic rings. The maximum Gasteiger partial charge on any atom is 0.410 e. The van der Waals surface area contributed by atoms with E-state index in [1.807, 2.05) is 20.8 Å². The number of hydrogen-bond acceptors (Lipinski definition) is 4. The Labute approximate surface area is 103 Å². The highest BCUT2D eigenvalue weighted by Crippen LogP contribution is 2.11. The number of esters is 1. The average Bonchev–Trinajstić information content (AvgIpc) is 2.21. The van der Waals surface area contributed by atoms with Gasteiger partial charge in [-0.1, -0.05) is 6.92 Å². The van der Waals surface area contributed by atoms with Crippen LogP contribution in [0.25, 0.3) is 0 Å². The molecule has 0 heterocycles. The van der Waals surface area contributed by atoms with Crippen LogP contribution in [0.5, 0.6) is 0 Å². The first kappa shape index (κ1) is 15.7. The lowest BCUT2D eigenvalue weighted by Crippen LogP contribution is -2.35. The number of ether oxygens (including phenoxy) is 2. The number of nitrogens with zero attached hydrogens (tertiary/aromatic N) is 1. The maximum absolute atomic E-state index is 11.6. The summed E-state index contributed by atoms with van der Waals surface area (Å²) in [6.45, 7) is 7.68. The molecule has 0 fully saturated rings. The lowest BCUT2D eigenvalue weighted by Gasteiger charge is -2.25. The zero-order valence-electron chi connectivity index (χ0n) is 11.6. The molecule has 0 aromatic rings. The Morgan fingerprint density at radius 2 is 1.82 bits per heavy atom. The van der Waals surface area contributed by atoms with Crippen LogP contribution >= 0.6 is 0 Å². The van der Waals surface area contributed by atoms with Crippen molar-refractivity contribution in [2.24, 2.45) is 5.92 Å².